The molecule has 1 fully saturated rings. The van der Waals surface area contributed by atoms with Gasteiger partial charge >= 0.3 is 0 Å². The van der Waals surface area contributed by atoms with Gasteiger partial charge in [0.15, 0.2) is 16.6 Å². The summed E-state index contributed by atoms with van der Waals surface area (Å²) in [5, 5.41) is 8.11. The zero-order valence-corrected chi connectivity index (χ0v) is 15.0. The molecule has 1 aliphatic rings. The van der Waals surface area contributed by atoms with E-state index in [2.05, 4.69) is 29.7 Å². The van der Waals surface area contributed by atoms with Crippen molar-refractivity contribution in [2.24, 2.45) is 16.9 Å². The molecule has 6 heteroatoms. The van der Waals surface area contributed by atoms with Gasteiger partial charge in [-0.05, 0) is 49.0 Å². The van der Waals surface area contributed by atoms with Crippen LogP contribution in [0.5, 0.6) is 11.5 Å². The molecule has 0 amide bonds. The van der Waals surface area contributed by atoms with Crippen molar-refractivity contribution in [2.75, 3.05) is 19.5 Å². The molecule has 0 aliphatic heterocycles. The van der Waals surface area contributed by atoms with E-state index in [4.69, 9.17) is 21.7 Å². The van der Waals surface area contributed by atoms with E-state index in [9.17, 15) is 0 Å². The van der Waals surface area contributed by atoms with E-state index in [0.717, 1.165) is 5.69 Å². The quantitative estimate of drug-likeness (QED) is 0.647. The lowest BCUT2D eigenvalue weighted by Gasteiger charge is -2.26. The van der Waals surface area contributed by atoms with E-state index in [-0.39, 0.29) is 0 Å². The van der Waals surface area contributed by atoms with Gasteiger partial charge in [0.2, 0.25) is 0 Å². The number of nitrogens with one attached hydrogen (secondary N) is 2. The molecule has 0 radical (unpaired) electrons. The van der Waals surface area contributed by atoms with Crippen LogP contribution < -0.4 is 20.2 Å². The Morgan fingerprint density at radius 3 is 2.39 bits per heavy atom. The number of hydrogen-bond acceptors (Lipinski definition) is 4. The lowest BCUT2D eigenvalue weighted by molar-refractivity contribution is 0.355. The summed E-state index contributed by atoms with van der Waals surface area (Å²) in [5.41, 5.74) is 4.99. The molecule has 0 spiro atoms. The first-order valence-electron chi connectivity index (χ1n) is 7.91. The summed E-state index contributed by atoms with van der Waals surface area (Å²) in [5.74, 6) is 2.36. The number of hydrogen-bond donors (Lipinski definition) is 2. The van der Waals surface area contributed by atoms with Gasteiger partial charge in [0.1, 0.15) is 0 Å². The Morgan fingerprint density at radius 1 is 1.13 bits per heavy atom. The monoisotopic (exact) mass is 335 g/mol. The van der Waals surface area contributed by atoms with Crippen LogP contribution in [0, 0.1) is 11.8 Å². The topological polar surface area (TPSA) is 54.9 Å². The molecule has 126 valence electrons. The van der Waals surface area contributed by atoms with Gasteiger partial charge in [-0.3, -0.25) is 5.43 Å². The maximum absolute atomic E-state index is 5.32. The van der Waals surface area contributed by atoms with E-state index < -0.39 is 0 Å². The van der Waals surface area contributed by atoms with Gasteiger partial charge in [0.05, 0.1) is 14.2 Å². The SMILES string of the molecule is COc1ccc(NC(=S)NN=C2[C@@H](C)CCC[C@@H]2C)cc1OC. The zero-order chi connectivity index (χ0) is 16.8. The minimum absolute atomic E-state index is 0.467. The number of benzene rings is 1. The number of ether oxygens (including phenoxy) is 2. The van der Waals surface area contributed by atoms with Crippen LogP contribution in [0.1, 0.15) is 33.1 Å². The normalized spacial score (nSPS) is 20.6. The molecule has 1 aromatic carbocycles. The minimum atomic E-state index is 0.467. The fraction of sp³-hybridized carbons (Fsp3) is 0.529. The molecule has 0 unspecified atom stereocenters. The maximum Gasteiger partial charge on any atom is 0.191 e. The number of rotatable bonds is 4. The largest absolute Gasteiger partial charge is 0.493 e. The van der Waals surface area contributed by atoms with Crippen LogP contribution in [0.15, 0.2) is 23.3 Å². The summed E-state index contributed by atoms with van der Waals surface area (Å²) < 4.78 is 10.5. The molecular weight excluding hydrogens is 310 g/mol. The summed E-state index contributed by atoms with van der Waals surface area (Å²) in [6, 6.07) is 5.56. The third-order valence-corrected chi connectivity index (χ3v) is 4.41. The molecule has 0 bridgehead atoms. The van der Waals surface area contributed by atoms with Crippen LogP contribution in [0.25, 0.3) is 0 Å². The highest BCUT2D eigenvalue weighted by atomic mass is 32.1. The first-order chi connectivity index (χ1) is 11.0. The molecule has 2 rings (SSSR count). The summed E-state index contributed by atoms with van der Waals surface area (Å²) in [6.07, 6.45) is 3.66. The second-order valence-electron chi connectivity index (χ2n) is 5.91. The van der Waals surface area contributed by atoms with Crippen LogP contribution in [0.2, 0.25) is 0 Å². The fourth-order valence-electron chi connectivity index (χ4n) is 2.92. The zero-order valence-electron chi connectivity index (χ0n) is 14.2. The van der Waals surface area contributed by atoms with E-state index >= 15 is 0 Å². The van der Waals surface area contributed by atoms with Crippen LogP contribution in [-0.4, -0.2) is 25.0 Å². The van der Waals surface area contributed by atoms with Crippen molar-refractivity contribution in [3.63, 3.8) is 0 Å². The lowest BCUT2D eigenvalue weighted by atomic mass is 9.81. The van der Waals surface area contributed by atoms with Gasteiger partial charge in [0, 0.05) is 17.5 Å². The maximum atomic E-state index is 5.32. The molecule has 5 nitrogen and oxygen atoms in total. The highest BCUT2D eigenvalue weighted by Crippen LogP contribution is 2.29. The highest BCUT2D eigenvalue weighted by molar-refractivity contribution is 7.80. The van der Waals surface area contributed by atoms with Gasteiger partial charge in [0.25, 0.3) is 0 Å². The molecule has 0 saturated heterocycles. The number of nitrogens with zero attached hydrogens (tertiary/aromatic N) is 1. The van der Waals surface area contributed by atoms with E-state index in [0.29, 0.717) is 28.4 Å². The molecule has 1 aliphatic carbocycles. The first kappa shape index (κ1) is 17.5. The Labute approximate surface area is 143 Å². The Kier molecular flexibility index (Phi) is 6.21. The van der Waals surface area contributed by atoms with Crippen molar-refractivity contribution in [3.05, 3.63) is 18.2 Å². The number of methoxy groups -OCH3 is 2. The standard InChI is InChI=1S/C17H25N3O2S/c1-11-6-5-7-12(2)16(11)19-20-17(23)18-13-8-9-14(21-3)15(10-13)22-4/h8-12H,5-7H2,1-4H3,(H2,18,20,23)/t11-,12-/m0/s1. The van der Waals surface area contributed by atoms with Crippen molar-refractivity contribution in [2.45, 2.75) is 33.1 Å². The molecule has 2 N–H and O–H groups in total. The second-order valence-corrected chi connectivity index (χ2v) is 6.31. The fourth-order valence-corrected chi connectivity index (χ4v) is 3.08. The van der Waals surface area contributed by atoms with Gasteiger partial charge < -0.3 is 14.8 Å². The van der Waals surface area contributed by atoms with Gasteiger partial charge in [-0.1, -0.05) is 20.3 Å². The van der Waals surface area contributed by atoms with Crippen molar-refractivity contribution < 1.29 is 9.47 Å². The summed E-state index contributed by atoms with van der Waals surface area (Å²) in [4.78, 5) is 0. The molecule has 1 saturated carbocycles. The van der Waals surface area contributed by atoms with Crippen LogP contribution in [0.3, 0.4) is 0 Å². The lowest BCUT2D eigenvalue weighted by Crippen LogP contribution is -2.31. The number of thiocarbonyl (C=S) groups is 1. The van der Waals surface area contributed by atoms with Crippen molar-refractivity contribution in [1.82, 2.24) is 5.43 Å². The smallest absolute Gasteiger partial charge is 0.191 e. The average Bonchev–Trinajstić information content (AvgIpc) is 2.54. The Hall–Kier alpha value is -1.82. The van der Waals surface area contributed by atoms with Gasteiger partial charge in [-0.15, -0.1) is 0 Å². The summed E-state index contributed by atoms with van der Waals surface area (Å²) in [7, 11) is 3.22. The van der Waals surface area contributed by atoms with Crippen molar-refractivity contribution >= 4 is 28.7 Å². The van der Waals surface area contributed by atoms with Crippen LogP contribution >= 0.6 is 12.2 Å². The predicted octanol–water partition coefficient (Wildman–Crippen LogP) is 3.80. The van der Waals surface area contributed by atoms with Crippen LogP contribution in [0.4, 0.5) is 5.69 Å². The number of hydrazone groups is 1. The third kappa shape index (κ3) is 4.58. The molecule has 0 heterocycles. The Morgan fingerprint density at radius 2 is 1.78 bits per heavy atom. The third-order valence-electron chi connectivity index (χ3n) is 4.21. The first-order valence-corrected chi connectivity index (χ1v) is 8.32. The van der Waals surface area contributed by atoms with E-state index in [1.165, 1.54) is 25.0 Å². The summed E-state index contributed by atoms with van der Waals surface area (Å²) >= 11 is 5.32. The molecular formula is C17H25N3O2S. The number of anilines is 1. The molecule has 2 atom stereocenters. The Balaban J connectivity index is 1.99. The van der Waals surface area contributed by atoms with Crippen molar-refractivity contribution in [3.8, 4) is 11.5 Å². The van der Waals surface area contributed by atoms with Gasteiger partial charge in [-0.2, -0.15) is 5.10 Å². The van der Waals surface area contributed by atoms with Crippen molar-refractivity contribution in [1.29, 1.82) is 0 Å². The van der Waals surface area contributed by atoms with E-state index in [1.54, 1.807) is 14.2 Å². The summed E-state index contributed by atoms with van der Waals surface area (Å²) in [6.45, 7) is 4.45. The molecule has 0 aromatic heterocycles. The highest BCUT2D eigenvalue weighted by Gasteiger charge is 2.22. The minimum Gasteiger partial charge on any atom is -0.493 e. The Bertz CT molecular complexity index is 577. The molecule has 23 heavy (non-hydrogen) atoms. The average molecular weight is 335 g/mol. The molecule has 1 aromatic rings. The predicted molar refractivity (Wildman–Crippen MR) is 98.5 cm³/mol. The second kappa shape index (κ2) is 8.15. The van der Waals surface area contributed by atoms with E-state index in [1.807, 2.05) is 18.2 Å². The van der Waals surface area contributed by atoms with Crippen LogP contribution in [-0.2, 0) is 0 Å². The van der Waals surface area contributed by atoms with Gasteiger partial charge in [-0.25, -0.2) is 0 Å².